The zero-order valence-electron chi connectivity index (χ0n) is 18.7. The number of fused-ring (bicyclic) bond motifs is 1. The molecule has 3 unspecified atom stereocenters. The van der Waals surface area contributed by atoms with Gasteiger partial charge in [0.1, 0.15) is 11.9 Å². The van der Waals surface area contributed by atoms with Crippen LogP contribution in [0, 0.1) is 11.8 Å². The molecule has 0 saturated heterocycles. The maximum atomic E-state index is 6.87. The van der Waals surface area contributed by atoms with E-state index in [2.05, 4.69) is 83.3 Å². The number of benzene rings is 2. The first-order chi connectivity index (χ1) is 15.2. The van der Waals surface area contributed by atoms with Crippen LogP contribution in [0.4, 0.5) is 0 Å². The van der Waals surface area contributed by atoms with Gasteiger partial charge in [0.25, 0.3) is 0 Å². The van der Waals surface area contributed by atoms with Gasteiger partial charge < -0.3 is 9.72 Å². The van der Waals surface area contributed by atoms with Gasteiger partial charge in [0, 0.05) is 33.9 Å². The van der Waals surface area contributed by atoms with Crippen LogP contribution in [0.25, 0.3) is 11.1 Å². The van der Waals surface area contributed by atoms with Crippen molar-refractivity contribution in [2.75, 3.05) is 0 Å². The van der Waals surface area contributed by atoms with Crippen LogP contribution in [-0.4, -0.2) is 4.98 Å². The van der Waals surface area contributed by atoms with Crippen LogP contribution in [0.1, 0.15) is 69.6 Å². The van der Waals surface area contributed by atoms with E-state index in [1.54, 1.807) is 0 Å². The monoisotopic (exact) mass is 479 g/mol. The molecular formula is C28H34BrNO. The Morgan fingerprint density at radius 3 is 2.81 bits per heavy atom. The molecule has 2 nitrogen and oxygen atoms in total. The average molecular weight is 480 g/mol. The summed E-state index contributed by atoms with van der Waals surface area (Å²) in [6, 6.07) is 17.3. The van der Waals surface area contributed by atoms with Crippen LogP contribution in [-0.2, 0) is 6.42 Å². The van der Waals surface area contributed by atoms with Crippen molar-refractivity contribution in [2.24, 2.45) is 11.8 Å². The zero-order valence-corrected chi connectivity index (χ0v) is 20.3. The van der Waals surface area contributed by atoms with Gasteiger partial charge in [-0.25, -0.2) is 0 Å². The Morgan fingerprint density at radius 1 is 1.13 bits per heavy atom. The molecule has 0 bridgehead atoms. The van der Waals surface area contributed by atoms with E-state index in [0.717, 1.165) is 33.7 Å². The quantitative estimate of drug-likeness (QED) is 0.304. The molecule has 0 radical (unpaired) electrons. The normalized spacial score (nSPS) is 19.1. The number of aromatic amines is 1. The number of hydrogen-bond acceptors (Lipinski definition) is 1. The molecule has 0 fully saturated rings. The SMILES string of the molecule is CCC(C)CCCCC1CCc2ccccc2C1Oc1ccc(Br)cc1-c1cc[nH]c1. The Bertz CT molecular complexity index is 965. The summed E-state index contributed by atoms with van der Waals surface area (Å²) in [5.74, 6) is 2.37. The molecule has 2 aromatic carbocycles. The number of halogens is 1. The summed E-state index contributed by atoms with van der Waals surface area (Å²) < 4.78 is 7.94. The fraction of sp³-hybridized carbons (Fsp3) is 0.429. The minimum Gasteiger partial charge on any atom is -0.485 e. The van der Waals surface area contributed by atoms with Crippen molar-refractivity contribution in [1.82, 2.24) is 4.98 Å². The van der Waals surface area contributed by atoms with Crippen molar-refractivity contribution in [3.8, 4) is 16.9 Å². The van der Waals surface area contributed by atoms with Crippen LogP contribution in [0.15, 0.2) is 65.4 Å². The van der Waals surface area contributed by atoms with Gasteiger partial charge in [-0.2, -0.15) is 0 Å². The van der Waals surface area contributed by atoms with E-state index in [4.69, 9.17) is 4.74 Å². The van der Waals surface area contributed by atoms with E-state index in [-0.39, 0.29) is 6.10 Å². The number of H-pyrrole nitrogens is 1. The van der Waals surface area contributed by atoms with E-state index in [1.165, 1.54) is 49.7 Å². The summed E-state index contributed by atoms with van der Waals surface area (Å²) in [6.45, 7) is 4.67. The van der Waals surface area contributed by atoms with Gasteiger partial charge in [-0.1, -0.05) is 79.7 Å². The lowest BCUT2D eigenvalue weighted by Crippen LogP contribution is -2.25. The highest BCUT2D eigenvalue weighted by atomic mass is 79.9. The fourth-order valence-corrected chi connectivity index (χ4v) is 5.16. The lowest BCUT2D eigenvalue weighted by molar-refractivity contribution is 0.111. The van der Waals surface area contributed by atoms with Crippen molar-refractivity contribution < 1.29 is 4.74 Å². The highest BCUT2D eigenvalue weighted by Crippen LogP contribution is 2.43. The third-order valence-electron chi connectivity index (χ3n) is 6.90. The molecule has 3 atom stereocenters. The lowest BCUT2D eigenvalue weighted by Gasteiger charge is -2.34. The molecule has 1 aliphatic carbocycles. The summed E-state index contributed by atoms with van der Waals surface area (Å²) in [7, 11) is 0. The first-order valence-electron chi connectivity index (χ1n) is 11.8. The Kier molecular flexibility index (Phi) is 7.55. The molecule has 1 aromatic heterocycles. The third kappa shape index (κ3) is 5.44. The maximum Gasteiger partial charge on any atom is 0.128 e. The standard InChI is InChI=1S/C28H34BrNO/c1-3-20(2)8-4-5-10-22-13-12-21-9-6-7-11-25(21)28(22)31-27-15-14-24(29)18-26(27)23-16-17-30-19-23/h6-7,9,11,14-20,22,28,30H,3-5,8,10,12-13H2,1-2H3. The van der Waals surface area contributed by atoms with Crippen molar-refractivity contribution in [2.45, 2.75) is 64.9 Å². The molecule has 1 heterocycles. The maximum absolute atomic E-state index is 6.87. The van der Waals surface area contributed by atoms with Crippen LogP contribution in [0.3, 0.4) is 0 Å². The summed E-state index contributed by atoms with van der Waals surface area (Å²) in [5, 5.41) is 0. The second-order valence-corrected chi connectivity index (χ2v) is 9.99. The largest absolute Gasteiger partial charge is 0.485 e. The minimum atomic E-state index is 0.118. The Balaban J connectivity index is 1.57. The smallest absolute Gasteiger partial charge is 0.128 e. The minimum absolute atomic E-state index is 0.118. The summed E-state index contributed by atoms with van der Waals surface area (Å²) in [6.07, 6.45) is 13.0. The van der Waals surface area contributed by atoms with E-state index in [1.807, 2.05) is 12.4 Å². The number of aromatic nitrogens is 1. The van der Waals surface area contributed by atoms with Crippen LogP contribution >= 0.6 is 15.9 Å². The van der Waals surface area contributed by atoms with Gasteiger partial charge in [-0.15, -0.1) is 0 Å². The van der Waals surface area contributed by atoms with Crippen molar-refractivity contribution in [3.05, 3.63) is 76.5 Å². The number of hydrogen-bond donors (Lipinski definition) is 1. The molecule has 3 aromatic rings. The number of rotatable bonds is 9. The topological polar surface area (TPSA) is 25.0 Å². The number of ether oxygens (including phenoxy) is 1. The number of aryl methyl sites for hydroxylation is 1. The Hall–Kier alpha value is -2.00. The van der Waals surface area contributed by atoms with Gasteiger partial charge in [0.05, 0.1) is 0 Å². The third-order valence-corrected chi connectivity index (χ3v) is 7.39. The van der Waals surface area contributed by atoms with Gasteiger partial charge in [-0.3, -0.25) is 0 Å². The van der Waals surface area contributed by atoms with Crippen molar-refractivity contribution in [3.63, 3.8) is 0 Å². The van der Waals surface area contributed by atoms with Gasteiger partial charge in [0.2, 0.25) is 0 Å². The second-order valence-electron chi connectivity index (χ2n) is 9.07. The van der Waals surface area contributed by atoms with Crippen LogP contribution in [0.5, 0.6) is 5.75 Å². The van der Waals surface area contributed by atoms with Gasteiger partial charge in [-0.05, 0) is 60.6 Å². The van der Waals surface area contributed by atoms with E-state index in [9.17, 15) is 0 Å². The van der Waals surface area contributed by atoms with E-state index >= 15 is 0 Å². The summed E-state index contributed by atoms with van der Waals surface area (Å²) in [4.78, 5) is 3.18. The molecule has 0 aliphatic heterocycles. The molecule has 1 N–H and O–H groups in total. The first kappa shape index (κ1) is 22.2. The highest BCUT2D eigenvalue weighted by molar-refractivity contribution is 9.10. The van der Waals surface area contributed by atoms with E-state index in [0.29, 0.717) is 5.92 Å². The molecular weight excluding hydrogens is 446 g/mol. The zero-order chi connectivity index (χ0) is 21.6. The summed E-state index contributed by atoms with van der Waals surface area (Å²) in [5.41, 5.74) is 5.12. The average Bonchev–Trinajstić information content (AvgIpc) is 3.33. The molecule has 0 amide bonds. The first-order valence-corrected chi connectivity index (χ1v) is 12.6. The molecule has 4 rings (SSSR count). The Morgan fingerprint density at radius 2 is 2.00 bits per heavy atom. The van der Waals surface area contributed by atoms with Crippen molar-refractivity contribution in [1.29, 1.82) is 0 Å². The molecule has 0 saturated carbocycles. The fourth-order valence-electron chi connectivity index (χ4n) is 4.80. The molecule has 1 aliphatic rings. The molecule has 3 heteroatoms. The van der Waals surface area contributed by atoms with Gasteiger partial charge >= 0.3 is 0 Å². The highest BCUT2D eigenvalue weighted by Gasteiger charge is 2.31. The van der Waals surface area contributed by atoms with Crippen LogP contribution in [0.2, 0.25) is 0 Å². The number of nitrogens with one attached hydrogen (secondary N) is 1. The second kappa shape index (κ2) is 10.5. The van der Waals surface area contributed by atoms with Gasteiger partial charge in [0.15, 0.2) is 0 Å². The number of unbranched alkanes of at least 4 members (excludes halogenated alkanes) is 1. The molecule has 0 spiro atoms. The van der Waals surface area contributed by atoms with Crippen molar-refractivity contribution >= 4 is 15.9 Å². The van der Waals surface area contributed by atoms with E-state index < -0.39 is 0 Å². The summed E-state index contributed by atoms with van der Waals surface area (Å²) >= 11 is 3.64. The Labute approximate surface area is 195 Å². The predicted octanol–water partition coefficient (Wildman–Crippen LogP) is 8.73. The van der Waals surface area contributed by atoms with Crippen LogP contribution < -0.4 is 4.74 Å². The predicted molar refractivity (Wildman–Crippen MR) is 133 cm³/mol. The molecule has 164 valence electrons. The molecule has 31 heavy (non-hydrogen) atoms. The lowest BCUT2D eigenvalue weighted by atomic mass is 9.78.